The van der Waals surface area contributed by atoms with Crippen LogP contribution >= 0.6 is 11.6 Å². The van der Waals surface area contributed by atoms with Crippen molar-refractivity contribution in [2.45, 2.75) is 44.7 Å². The fourth-order valence-electron chi connectivity index (χ4n) is 4.06. The summed E-state index contributed by atoms with van der Waals surface area (Å²) in [4.78, 5) is 4.42. The molecule has 1 saturated carbocycles. The Kier molecular flexibility index (Phi) is 6.87. The lowest BCUT2D eigenvalue weighted by atomic mass is 9.95. The monoisotopic (exact) mass is 452 g/mol. The molecule has 3 aromatic rings. The number of pyridine rings is 1. The van der Waals surface area contributed by atoms with Crippen LogP contribution < -0.4 is 10.6 Å². The molecule has 0 unspecified atom stereocenters. The Morgan fingerprint density at radius 1 is 1.00 bits per heavy atom. The van der Waals surface area contributed by atoms with Crippen LogP contribution in [0.3, 0.4) is 0 Å². The van der Waals surface area contributed by atoms with Gasteiger partial charge in [0.05, 0.1) is 16.7 Å². The second kappa shape index (κ2) is 9.97. The lowest BCUT2D eigenvalue weighted by molar-refractivity contribution is 0.462. The summed E-state index contributed by atoms with van der Waals surface area (Å²) in [5.74, 6) is -0.506. The van der Waals surface area contributed by atoms with Crippen LogP contribution in [0.4, 0.5) is 20.3 Å². The predicted molar refractivity (Wildman–Crippen MR) is 124 cm³/mol. The molecule has 2 aromatic carbocycles. The maximum Gasteiger partial charge on any atom is 0.126 e. The molecule has 4 nitrogen and oxygen atoms in total. The number of rotatable bonds is 6. The third-order valence-electron chi connectivity index (χ3n) is 5.60. The van der Waals surface area contributed by atoms with Crippen LogP contribution in [0.25, 0.3) is 11.1 Å². The van der Waals surface area contributed by atoms with Crippen LogP contribution in [0.1, 0.15) is 43.2 Å². The van der Waals surface area contributed by atoms with E-state index in [-0.39, 0.29) is 6.54 Å². The van der Waals surface area contributed by atoms with Gasteiger partial charge in [-0.3, -0.25) is 0 Å². The first kappa shape index (κ1) is 22.0. The number of nitriles is 1. The quantitative estimate of drug-likeness (QED) is 0.426. The van der Waals surface area contributed by atoms with Gasteiger partial charge in [-0.1, -0.05) is 30.9 Å². The van der Waals surface area contributed by atoms with Gasteiger partial charge in [0.2, 0.25) is 0 Å². The number of halogens is 3. The molecule has 0 spiro atoms. The van der Waals surface area contributed by atoms with Crippen molar-refractivity contribution in [1.82, 2.24) is 4.98 Å². The van der Waals surface area contributed by atoms with Crippen molar-refractivity contribution in [2.24, 2.45) is 0 Å². The molecule has 164 valence electrons. The molecule has 1 fully saturated rings. The lowest BCUT2D eigenvalue weighted by Crippen LogP contribution is -2.22. The van der Waals surface area contributed by atoms with Crippen LogP contribution in [0.5, 0.6) is 0 Å². The Labute approximate surface area is 191 Å². The molecule has 0 bridgehead atoms. The van der Waals surface area contributed by atoms with E-state index in [9.17, 15) is 14.0 Å². The topological polar surface area (TPSA) is 60.7 Å². The maximum absolute atomic E-state index is 13.5. The Morgan fingerprint density at radius 3 is 2.47 bits per heavy atom. The van der Waals surface area contributed by atoms with Crippen molar-refractivity contribution in [1.29, 1.82) is 5.26 Å². The van der Waals surface area contributed by atoms with E-state index in [1.165, 1.54) is 31.4 Å². The van der Waals surface area contributed by atoms with Crippen molar-refractivity contribution in [2.75, 3.05) is 10.6 Å². The van der Waals surface area contributed by atoms with Gasteiger partial charge in [0.1, 0.15) is 17.5 Å². The van der Waals surface area contributed by atoms with Gasteiger partial charge in [0.15, 0.2) is 0 Å². The molecule has 0 atom stereocenters. The van der Waals surface area contributed by atoms with Gasteiger partial charge in [-0.05, 0) is 60.4 Å². The van der Waals surface area contributed by atoms with Gasteiger partial charge < -0.3 is 10.6 Å². The largest absolute Gasteiger partial charge is 0.381 e. The molecule has 1 aliphatic carbocycles. The van der Waals surface area contributed by atoms with Crippen molar-refractivity contribution >= 4 is 23.1 Å². The van der Waals surface area contributed by atoms with E-state index in [4.69, 9.17) is 11.6 Å². The number of hydrogen-bond donors (Lipinski definition) is 2. The molecule has 0 radical (unpaired) electrons. The van der Waals surface area contributed by atoms with Crippen LogP contribution in [0.15, 0.2) is 48.7 Å². The highest BCUT2D eigenvalue weighted by atomic mass is 35.5. The summed E-state index contributed by atoms with van der Waals surface area (Å²) in [6.07, 6.45) is 7.57. The van der Waals surface area contributed by atoms with Crippen molar-refractivity contribution in [3.63, 3.8) is 0 Å². The fraction of sp³-hybridized carbons (Fsp3) is 0.280. The summed E-state index contributed by atoms with van der Waals surface area (Å²) in [7, 11) is 0. The second-order valence-electron chi connectivity index (χ2n) is 8.07. The summed E-state index contributed by atoms with van der Waals surface area (Å²) >= 11 is 6.45. The smallest absolute Gasteiger partial charge is 0.126 e. The molecule has 0 saturated heterocycles. The van der Waals surface area contributed by atoms with E-state index in [1.807, 2.05) is 12.1 Å². The highest BCUT2D eigenvalue weighted by molar-refractivity contribution is 6.33. The SMILES string of the molecule is N#Cc1cc(NCc2cc(F)cc(F)c2)cc(-c2cc(NC3CCCCC3)ncc2Cl)c1. The number of hydrogen-bond acceptors (Lipinski definition) is 4. The zero-order valence-corrected chi connectivity index (χ0v) is 18.2. The molecule has 32 heavy (non-hydrogen) atoms. The molecule has 2 N–H and O–H groups in total. The number of nitrogens with zero attached hydrogens (tertiary/aromatic N) is 2. The average Bonchev–Trinajstić information content (AvgIpc) is 2.79. The zero-order chi connectivity index (χ0) is 22.5. The normalized spacial score (nSPS) is 14.1. The van der Waals surface area contributed by atoms with E-state index < -0.39 is 11.6 Å². The summed E-state index contributed by atoms with van der Waals surface area (Å²) in [6.45, 7) is 0.210. The highest BCUT2D eigenvalue weighted by Crippen LogP contribution is 2.33. The minimum atomic E-state index is -0.630. The van der Waals surface area contributed by atoms with E-state index in [2.05, 4.69) is 21.7 Å². The average molecular weight is 453 g/mol. The Hall–Kier alpha value is -3.17. The standard InChI is InChI=1S/C25H23ClF2N4/c26-24-15-31-25(32-21-4-2-1-3-5-21)12-23(24)18-6-16(13-29)9-22(10-18)30-14-17-7-19(27)11-20(28)8-17/h6-12,15,21,30H,1-5,14H2,(H,31,32). The third-order valence-corrected chi connectivity index (χ3v) is 5.91. The van der Waals surface area contributed by atoms with Crippen molar-refractivity contribution < 1.29 is 8.78 Å². The lowest BCUT2D eigenvalue weighted by Gasteiger charge is -2.23. The fourth-order valence-corrected chi connectivity index (χ4v) is 4.27. The first-order valence-electron chi connectivity index (χ1n) is 10.7. The second-order valence-corrected chi connectivity index (χ2v) is 8.48. The highest BCUT2D eigenvalue weighted by Gasteiger charge is 2.15. The molecule has 0 amide bonds. The van der Waals surface area contributed by atoms with E-state index >= 15 is 0 Å². The van der Waals surface area contributed by atoms with Crippen LogP contribution in [-0.2, 0) is 6.54 Å². The zero-order valence-electron chi connectivity index (χ0n) is 17.5. The molecule has 0 aliphatic heterocycles. The minimum absolute atomic E-state index is 0.210. The Morgan fingerprint density at radius 2 is 1.75 bits per heavy atom. The molecular weight excluding hydrogens is 430 g/mol. The molecule has 1 heterocycles. The van der Waals surface area contributed by atoms with Gasteiger partial charge in [-0.15, -0.1) is 0 Å². The van der Waals surface area contributed by atoms with Crippen LogP contribution in [0.2, 0.25) is 5.02 Å². The molecular formula is C25H23ClF2N4. The van der Waals surface area contributed by atoms with E-state index in [1.54, 1.807) is 18.3 Å². The van der Waals surface area contributed by atoms with Gasteiger partial charge in [0, 0.05) is 36.1 Å². The van der Waals surface area contributed by atoms with Gasteiger partial charge in [-0.25, -0.2) is 13.8 Å². The number of anilines is 2. The summed E-state index contributed by atoms with van der Waals surface area (Å²) in [5, 5.41) is 16.6. The predicted octanol–water partition coefficient (Wildman–Crippen LogP) is 6.91. The van der Waals surface area contributed by atoms with E-state index in [0.717, 1.165) is 35.9 Å². The maximum atomic E-state index is 13.5. The van der Waals surface area contributed by atoms with Gasteiger partial charge in [0.25, 0.3) is 0 Å². The first-order valence-corrected chi connectivity index (χ1v) is 11.0. The summed E-state index contributed by atoms with van der Waals surface area (Å²) in [6, 6.07) is 13.2. The number of benzene rings is 2. The Balaban J connectivity index is 1.59. The summed E-state index contributed by atoms with van der Waals surface area (Å²) in [5.41, 5.74) is 3.09. The van der Waals surface area contributed by atoms with Crippen molar-refractivity contribution in [3.8, 4) is 17.2 Å². The first-order chi connectivity index (χ1) is 15.5. The third kappa shape index (κ3) is 5.54. The molecule has 7 heteroatoms. The molecule has 4 rings (SSSR count). The van der Waals surface area contributed by atoms with Gasteiger partial charge >= 0.3 is 0 Å². The summed E-state index contributed by atoms with van der Waals surface area (Å²) < 4.78 is 26.9. The Bertz CT molecular complexity index is 1130. The molecule has 1 aromatic heterocycles. The minimum Gasteiger partial charge on any atom is -0.381 e. The number of aromatic nitrogens is 1. The molecule has 1 aliphatic rings. The van der Waals surface area contributed by atoms with Crippen LogP contribution in [-0.4, -0.2) is 11.0 Å². The van der Waals surface area contributed by atoms with Gasteiger partial charge in [-0.2, -0.15) is 5.26 Å². The van der Waals surface area contributed by atoms with E-state index in [0.29, 0.717) is 27.9 Å². The number of nitrogens with one attached hydrogen (secondary N) is 2. The van der Waals surface area contributed by atoms with Crippen LogP contribution in [0, 0.1) is 23.0 Å². The van der Waals surface area contributed by atoms with Crippen molar-refractivity contribution in [3.05, 3.63) is 76.4 Å².